The fourth-order valence-electron chi connectivity index (χ4n) is 1.55. The Morgan fingerprint density at radius 2 is 1.91 bits per heavy atom. The maximum absolute atomic E-state index is 11.8. The molecule has 0 aliphatic carbocycles. The summed E-state index contributed by atoms with van der Waals surface area (Å²) in [6.45, 7) is 1.23. The van der Waals surface area contributed by atoms with Gasteiger partial charge in [0, 0.05) is 12.7 Å². The molecule has 124 valence electrons. The quantitative estimate of drug-likeness (QED) is 0.730. The average molecular weight is 340 g/mol. The van der Waals surface area contributed by atoms with Gasteiger partial charge >= 0.3 is 11.3 Å². The van der Waals surface area contributed by atoms with Crippen LogP contribution in [-0.4, -0.2) is 42.0 Å². The molecule has 9 heteroatoms. The van der Waals surface area contributed by atoms with Crippen molar-refractivity contribution in [3.05, 3.63) is 29.8 Å². The number of benzene rings is 1. The van der Waals surface area contributed by atoms with Gasteiger partial charge in [0.2, 0.25) is 11.8 Å². The monoisotopic (exact) mass is 340 g/mol. The standard InChI is InChI=1S/C14H16N2O6S/c1-8(17)16-10(12(15)18)7-23-14(20)22-11-6-4-3-5-9(11)13(19)21-2/h3-6,10H,7H2,1-2H3,(H2,15,18)(H,16,17)/t10-/m1/s1. The van der Waals surface area contributed by atoms with Gasteiger partial charge in [0.1, 0.15) is 17.4 Å². The molecule has 1 atom stereocenters. The topological polar surface area (TPSA) is 125 Å². The lowest BCUT2D eigenvalue weighted by molar-refractivity contribution is -0.125. The van der Waals surface area contributed by atoms with Crippen molar-refractivity contribution >= 4 is 34.8 Å². The number of methoxy groups -OCH3 is 1. The summed E-state index contributed by atoms with van der Waals surface area (Å²) in [5, 5.41) is 1.57. The van der Waals surface area contributed by atoms with Crippen LogP contribution in [0.3, 0.4) is 0 Å². The number of para-hydroxylation sites is 1. The first-order valence-corrected chi connectivity index (χ1v) is 7.42. The second kappa shape index (κ2) is 8.79. The van der Waals surface area contributed by atoms with Gasteiger partial charge in [0.25, 0.3) is 0 Å². The Morgan fingerprint density at radius 3 is 2.48 bits per heavy atom. The molecule has 1 aromatic carbocycles. The number of esters is 1. The molecule has 1 aromatic rings. The van der Waals surface area contributed by atoms with Gasteiger partial charge in [-0.2, -0.15) is 0 Å². The molecule has 0 bridgehead atoms. The summed E-state index contributed by atoms with van der Waals surface area (Å²) >= 11 is 0.649. The van der Waals surface area contributed by atoms with E-state index in [2.05, 4.69) is 10.1 Å². The summed E-state index contributed by atoms with van der Waals surface area (Å²) in [5.74, 6) is -1.92. The van der Waals surface area contributed by atoms with Crippen molar-refractivity contribution in [2.45, 2.75) is 13.0 Å². The lowest BCUT2D eigenvalue weighted by atomic mass is 10.2. The van der Waals surface area contributed by atoms with Gasteiger partial charge in [-0.25, -0.2) is 9.59 Å². The third kappa shape index (κ3) is 5.99. The van der Waals surface area contributed by atoms with Crippen molar-refractivity contribution in [2.75, 3.05) is 12.9 Å². The molecule has 0 aliphatic rings. The van der Waals surface area contributed by atoms with Crippen molar-refractivity contribution in [2.24, 2.45) is 5.73 Å². The van der Waals surface area contributed by atoms with Gasteiger partial charge in [-0.05, 0) is 23.9 Å². The highest BCUT2D eigenvalue weighted by atomic mass is 32.2. The maximum Gasteiger partial charge on any atom is 0.372 e. The van der Waals surface area contributed by atoms with Crippen LogP contribution in [0.2, 0.25) is 0 Å². The number of hydrogen-bond acceptors (Lipinski definition) is 7. The summed E-state index contributed by atoms with van der Waals surface area (Å²) in [6, 6.07) is 5.06. The van der Waals surface area contributed by atoms with E-state index < -0.39 is 29.1 Å². The number of nitrogens with one attached hydrogen (secondary N) is 1. The number of primary amides is 1. The van der Waals surface area contributed by atoms with Gasteiger partial charge in [-0.15, -0.1) is 0 Å². The van der Waals surface area contributed by atoms with E-state index in [1.165, 1.54) is 26.2 Å². The zero-order chi connectivity index (χ0) is 17.4. The van der Waals surface area contributed by atoms with Gasteiger partial charge in [-0.3, -0.25) is 9.59 Å². The molecule has 0 saturated carbocycles. The Labute approximate surface area is 136 Å². The van der Waals surface area contributed by atoms with E-state index in [1.807, 2.05) is 0 Å². The molecule has 0 spiro atoms. The predicted molar refractivity (Wildman–Crippen MR) is 83.1 cm³/mol. The van der Waals surface area contributed by atoms with Crippen LogP contribution >= 0.6 is 11.8 Å². The third-order valence-electron chi connectivity index (χ3n) is 2.57. The molecule has 23 heavy (non-hydrogen) atoms. The van der Waals surface area contributed by atoms with Crippen molar-refractivity contribution < 1.29 is 28.7 Å². The molecule has 0 saturated heterocycles. The number of ether oxygens (including phenoxy) is 2. The molecule has 0 aromatic heterocycles. The number of thioether (sulfide) groups is 1. The van der Waals surface area contributed by atoms with Crippen molar-refractivity contribution in [3.63, 3.8) is 0 Å². The van der Waals surface area contributed by atoms with Crippen molar-refractivity contribution in [1.82, 2.24) is 5.32 Å². The second-order valence-electron chi connectivity index (χ2n) is 4.31. The second-order valence-corrected chi connectivity index (χ2v) is 5.26. The molecule has 0 heterocycles. The summed E-state index contributed by atoms with van der Waals surface area (Å²) in [7, 11) is 1.21. The number of rotatable bonds is 6. The van der Waals surface area contributed by atoms with E-state index in [1.54, 1.807) is 12.1 Å². The number of carbonyl (C=O) groups excluding carboxylic acids is 4. The number of nitrogens with two attached hydrogens (primary N) is 1. The van der Waals surface area contributed by atoms with Crippen LogP contribution in [0.4, 0.5) is 4.79 Å². The summed E-state index contributed by atoms with van der Waals surface area (Å²) in [4.78, 5) is 45.5. The molecule has 8 nitrogen and oxygen atoms in total. The zero-order valence-electron chi connectivity index (χ0n) is 12.5. The minimum atomic E-state index is -0.999. The first-order chi connectivity index (χ1) is 10.8. The van der Waals surface area contributed by atoms with Crippen molar-refractivity contribution in [1.29, 1.82) is 0 Å². The molecular formula is C14H16N2O6S. The fourth-order valence-corrected chi connectivity index (χ4v) is 2.24. The Bertz CT molecular complexity index is 619. The third-order valence-corrected chi connectivity index (χ3v) is 3.39. The van der Waals surface area contributed by atoms with Gasteiger partial charge in [0.05, 0.1) is 7.11 Å². The molecule has 3 N–H and O–H groups in total. The Morgan fingerprint density at radius 1 is 1.26 bits per heavy atom. The first kappa shape index (κ1) is 18.5. The van der Waals surface area contributed by atoms with Crippen LogP contribution in [0.5, 0.6) is 5.75 Å². The van der Waals surface area contributed by atoms with Crippen LogP contribution in [-0.2, 0) is 14.3 Å². The lowest BCUT2D eigenvalue weighted by Gasteiger charge is -2.13. The summed E-state index contributed by atoms with van der Waals surface area (Å²) < 4.78 is 9.65. The van der Waals surface area contributed by atoms with Crippen molar-refractivity contribution in [3.8, 4) is 5.75 Å². The van der Waals surface area contributed by atoms with E-state index in [0.29, 0.717) is 11.8 Å². The van der Waals surface area contributed by atoms with Gasteiger partial charge in [0.15, 0.2) is 0 Å². The zero-order valence-corrected chi connectivity index (χ0v) is 13.3. The fraction of sp³-hybridized carbons (Fsp3) is 0.286. The molecule has 0 aliphatic heterocycles. The SMILES string of the molecule is COC(=O)c1ccccc1OC(=O)SC[C@@H](NC(C)=O)C(N)=O. The van der Waals surface area contributed by atoms with E-state index in [4.69, 9.17) is 10.5 Å². The number of amides is 2. The van der Waals surface area contributed by atoms with Gasteiger partial charge < -0.3 is 20.5 Å². The van der Waals surface area contributed by atoms with E-state index in [-0.39, 0.29) is 17.1 Å². The van der Waals surface area contributed by atoms with Gasteiger partial charge in [-0.1, -0.05) is 12.1 Å². The van der Waals surface area contributed by atoms with Crippen LogP contribution in [0, 0.1) is 0 Å². The number of carbonyl (C=O) groups is 4. The Kier molecular flexibility index (Phi) is 7.07. The first-order valence-electron chi connectivity index (χ1n) is 6.43. The largest absolute Gasteiger partial charge is 0.465 e. The maximum atomic E-state index is 11.8. The van der Waals surface area contributed by atoms with Crippen LogP contribution < -0.4 is 15.8 Å². The molecule has 0 radical (unpaired) electrons. The van der Waals surface area contributed by atoms with E-state index in [9.17, 15) is 19.2 Å². The van der Waals surface area contributed by atoms with E-state index in [0.717, 1.165) is 0 Å². The van der Waals surface area contributed by atoms with Crippen LogP contribution in [0.15, 0.2) is 24.3 Å². The lowest BCUT2D eigenvalue weighted by Crippen LogP contribution is -2.45. The number of hydrogen-bond donors (Lipinski definition) is 2. The highest BCUT2D eigenvalue weighted by molar-refractivity contribution is 8.13. The minimum Gasteiger partial charge on any atom is -0.465 e. The Hall–Kier alpha value is -2.55. The normalized spacial score (nSPS) is 11.2. The molecule has 0 fully saturated rings. The predicted octanol–water partition coefficient (Wildman–Crippen LogP) is 0.695. The molecule has 0 unspecified atom stereocenters. The van der Waals surface area contributed by atoms with Crippen LogP contribution in [0.25, 0.3) is 0 Å². The average Bonchev–Trinajstić information content (AvgIpc) is 2.50. The molecule has 2 amide bonds. The highest BCUT2D eigenvalue weighted by Gasteiger charge is 2.20. The Balaban J connectivity index is 2.68. The minimum absolute atomic E-state index is 0.0343. The van der Waals surface area contributed by atoms with Crippen LogP contribution in [0.1, 0.15) is 17.3 Å². The summed E-state index contributed by atoms with van der Waals surface area (Å²) in [6.07, 6.45) is 0. The molecular weight excluding hydrogens is 324 g/mol. The molecule has 1 rings (SSSR count). The smallest absolute Gasteiger partial charge is 0.372 e. The van der Waals surface area contributed by atoms with E-state index >= 15 is 0 Å². The highest BCUT2D eigenvalue weighted by Crippen LogP contribution is 2.21. The summed E-state index contributed by atoms with van der Waals surface area (Å²) in [5.41, 5.74) is 5.22.